The van der Waals surface area contributed by atoms with E-state index in [-0.39, 0.29) is 5.82 Å². The molecule has 0 spiro atoms. The zero-order valence-electron chi connectivity index (χ0n) is 12.9. The van der Waals surface area contributed by atoms with Crippen molar-refractivity contribution in [3.05, 3.63) is 52.4 Å². The summed E-state index contributed by atoms with van der Waals surface area (Å²) in [6.07, 6.45) is 9.20. The van der Waals surface area contributed by atoms with Crippen LogP contribution in [0.15, 0.2) is 51.9 Å². The predicted molar refractivity (Wildman–Crippen MR) is 91.9 cm³/mol. The summed E-state index contributed by atoms with van der Waals surface area (Å²) >= 11 is 1.55. The number of hydrogen-bond donors (Lipinski definition) is 0. The molecule has 2 aliphatic carbocycles. The van der Waals surface area contributed by atoms with Gasteiger partial charge >= 0.3 is 0 Å². The highest BCUT2D eigenvalue weighted by Gasteiger charge is 2.34. The van der Waals surface area contributed by atoms with Gasteiger partial charge in [-0.25, -0.2) is 9.07 Å². The van der Waals surface area contributed by atoms with Crippen LogP contribution >= 0.6 is 11.3 Å². The molecule has 23 heavy (non-hydrogen) atoms. The van der Waals surface area contributed by atoms with E-state index < -0.39 is 0 Å². The van der Waals surface area contributed by atoms with Crippen LogP contribution in [0.3, 0.4) is 0 Å². The number of aromatic nitrogens is 1. The highest BCUT2D eigenvalue weighted by atomic mass is 32.1. The van der Waals surface area contributed by atoms with Crippen molar-refractivity contribution in [1.82, 2.24) is 4.68 Å². The van der Waals surface area contributed by atoms with Gasteiger partial charge in [-0.2, -0.15) is 5.10 Å². The van der Waals surface area contributed by atoms with Gasteiger partial charge in [-0.1, -0.05) is 12.2 Å². The van der Waals surface area contributed by atoms with Crippen molar-refractivity contribution in [2.24, 2.45) is 27.8 Å². The minimum atomic E-state index is -0.229. The smallest absolute Gasteiger partial charge is 0.205 e. The Bertz CT molecular complexity index is 829. The van der Waals surface area contributed by atoms with Crippen molar-refractivity contribution in [1.29, 1.82) is 0 Å². The van der Waals surface area contributed by atoms with E-state index in [1.54, 1.807) is 30.5 Å². The molecule has 2 bridgehead atoms. The maximum absolute atomic E-state index is 13.2. The molecule has 1 aromatic carbocycles. The third-order valence-electron chi connectivity index (χ3n) is 4.72. The Morgan fingerprint density at radius 1 is 1.22 bits per heavy atom. The number of hydrogen-bond acceptors (Lipinski definition) is 3. The molecule has 5 heteroatoms. The summed E-state index contributed by atoms with van der Waals surface area (Å²) in [6, 6.07) is 6.52. The van der Waals surface area contributed by atoms with Crippen molar-refractivity contribution in [3.63, 3.8) is 0 Å². The fraction of sp³-hybridized carbons (Fsp3) is 0.333. The van der Waals surface area contributed by atoms with Gasteiger partial charge in [0.05, 0.1) is 5.69 Å². The number of rotatable bonds is 3. The van der Waals surface area contributed by atoms with Crippen LogP contribution in [0, 0.1) is 23.6 Å². The highest BCUT2D eigenvalue weighted by molar-refractivity contribution is 7.07. The third kappa shape index (κ3) is 2.70. The number of halogens is 1. The maximum Gasteiger partial charge on any atom is 0.205 e. The van der Waals surface area contributed by atoms with Gasteiger partial charge in [-0.15, -0.1) is 11.3 Å². The minimum Gasteiger partial charge on any atom is -0.261 e. The van der Waals surface area contributed by atoms with Crippen LogP contribution in [-0.4, -0.2) is 17.9 Å². The van der Waals surface area contributed by atoms with Crippen LogP contribution in [0.5, 0.6) is 0 Å². The van der Waals surface area contributed by atoms with E-state index >= 15 is 0 Å². The monoisotopic (exact) mass is 327 g/mol. The number of allylic oxidation sites excluding steroid dienone is 2. The number of benzene rings is 1. The fourth-order valence-corrected chi connectivity index (χ4v) is 4.33. The van der Waals surface area contributed by atoms with Gasteiger partial charge in [0.15, 0.2) is 0 Å². The fourth-order valence-electron chi connectivity index (χ4n) is 3.53. The Labute approximate surface area is 138 Å². The molecule has 0 radical (unpaired) electrons. The van der Waals surface area contributed by atoms with Crippen LogP contribution in [-0.2, 0) is 0 Å². The molecule has 0 amide bonds. The summed E-state index contributed by atoms with van der Waals surface area (Å²) in [4.78, 5) is 5.15. The van der Waals surface area contributed by atoms with E-state index in [0.29, 0.717) is 11.8 Å². The lowest BCUT2D eigenvalue weighted by Gasteiger charge is -2.12. The lowest BCUT2D eigenvalue weighted by molar-refractivity contribution is 0.590. The first-order valence-corrected chi connectivity index (χ1v) is 8.74. The van der Waals surface area contributed by atoms with E-state index in [1.807, 2.05) is 10.1 Å². The molecule has 0 saturated heterocycles. The quantitative estimate of drug-likeness (QED) is 0.604. The van der Waals surface area contributed by atoms with Crippen molar-refractivity contribution in [2.45, 2.75) is 12.8 Å². The van der Waals surface area contributed by atoms with Crippen molar-refractivity contribution in [2.75, 3.05) is 7.05 Å². The molecule has 118 valence electrons. The average molecular weight is 327 g/mol. The van der Waals surface area contributed by atoms with E-state index in [2.05, 4.69) is 23.4 Å². The standard InChI is InChI=1S/C18H18FN3S/c1-20-18-22(21-10-15-9-12-2-3-14(15)8-12)17(11-23-18)13-4-6-16(19)7-5-13/h2-7,10-12,14-15H,8-9H2,1H3. The second-order valence-corrected chi connectivity index (χ2v) is 6.99. The van der Waals surface area contributed by atoms with Gasteiger partial charge < -0.3 is 0 Å². The molecule has 2 aromatic rings. The Hall–Kier alpha value is -2.01. The first-order valence-electron chi connectivity index (χ1n) is 7.86. The minimum absolute atomic E-state index is 0.229. The Morgan fingerprint density at radius 3 is 2.70 bits per heavy atom. The van der Waals surface area contributed by atoms with E-state index in [1.165, 1.54) is 25.0 Å². The summed E-state index contributed by atoms with van der Waals surface area (Å²) < 4.78 is 15.0. The van der Waals surface area contributed by atoms with Gasteiger partial charge in [0.25, 0.3) is 0 Å². The SMILES string of the molecule is CN=c1scc(-c2ccc(F)cc2)n1N=CC1CC2C=CC1C2. The first kappa shape index (κ1) is 14.6. The highest BCUT2D eigenvalue weighted by Crippen LogP contribution is 2.42. The molecule has 4 rings (SSSR count). The Kier molecular flexibility index (Phi) is 3.73. The lowest BCUT2D eigenvalue weighted by atomic mass is 9.95. The largest absolute Gasteiger partial charge is 0.261 e. The van der Waals surface area contributed by atoms with Gasteiger partial charge in [-0.3, -0.25) is 4.99 Å². The van der Waals surface area contributed by atoms with E-state index in [9.17, 15) is 4.39 Å². The summed E-state index contributed by atoms with van der Waals surface area (Å²) in [5.41, 5.74) is 1.90. The molecular formula is C18H18FN3S. The molecule has 1 heterocycles. The molecule has 3 nitrogen and oxygen atoms in total. The number of fused-ring (bicyclic) bond motifs is 2. The summed E-state index contributed by atoms with van der Waals surface area (Å²) in [7, 11) is 1.77. The molecule has 0 aliphatic heterocycles. The molecular weight excluding hydrogens is 309 g/mol. The molecule has 3 unspecified atom stereocenters. The van der Waals surface area contributed by atoms with Gasteiger partial charge in [0, 0.05) is 30.1 Å². The Morgan fingerprint density at radius 2 is 2.04 bits per heavy atom. The summed E-state index contributed by atoms with van der Waals surface area (Å²) in [5, 5.41) is 6.74. The van der Waals surface area contributed by atoms with Crippen LogP contribution in [0.2, 0.25) is 0 Å². The molecule has 0 N–H and O–H groups in total. The maximum atomic E-state index is 13.2. The van der Waals surface area contributed by atoms with Gasteiger partial charge in [-0.05, 0) is 48.9 Å². The normalized spacial score (nSPS) is 26.7. The molecule has 2 aliphatic rings. The second kappa shape index (κ2) is 5.89. The average Bonchev–Trinajstić information content (AvgIpc) is 3.28. The number of nitrogens with zero attached hydrogens (tertiary/aromatic N) is 3. The van der Waals surface area contributed by atoms with Gasteiger partial charge in [0.1, 0.15) is 5.82 Å². The van der Waals surface area contributed by atoms with Crippen LogP contribution in [0.1, 0.15) is 12.8 Å². The topological polar surface area (TPSA) is 29.6 Å². The first-order chi connectivity index (χ1) is 11.2. The van der Waals surface area contributed by atoms with Crippen molar-refractivity contribution >= 4 is 17.6 Å². The van der Waals surface area contributed by atoms with Crippen LogP contribution < -0.4 is 4.80 Å². The second-order valence-electron chi connectivity index (χ2n) is 6.15. The zero-order chi connectivity index (χ0) is 15.8. The van der Waals surface area contributed by atoms with Crippen molar-refractivity contribution < 1.29 is 4.39 Å². The zero-order valence-corrected chi connectivity index (χ0v) is 13.7. The lowest BCUT2D eigenvalue weighted by Crippen LogP contribution is -2.15. The predicted octanol–water partition coefficient (Wildman–Crippen LogP) is 3.93. The van der Waals surface area contributed by atoms with E-state index in [0.717, 1.165) is 22.0 Å². The molecule has 1 saturated carbocycles. The van der Waals surface area contributed by atoms with E-state index in [4.69, 9.17) is 5.10 Å². The third-order valence-corrected chi connectivity index (χ3v) is 5.63. The summed E-state index contributed by atoms with van der Waals surface area (Å²) in [5.74, 6) is 1.66. The van der Waals surface area contributed by atoms with Crippen LogP contribution in [0.4, 0.5) is 4.39 Å². The molecule has 1 fully saturated rings. The summed E-state index contributed by atoms with van der Waals surface area (Å²) in [6.45, 7) is 0. The van der Waals surface area contributed by atoms with Crippen molar-refractivity contribution in [3.8, 4) is 11.3 Å². The van der Waals surface area contributed by atoms with Gasteiger partial charge in [0.2, 0.25) is 4.80 Å². The molecule has 1 aromatic heterocycles. The Balaban J connectivity index is 1.68. The molecule has 3 atom stereocenters. The van der Waals surface area contributed by atoms with Crippen LogP contribution in [0.25, 0.3) is 11.3 Å². The number of thiazole rings is 1.